The summed E-state index contributed by atoms with van der Waals surface area (Å²) in [5, 5.41) is 5.04. The summed E-state index contributed by atoms with van der Waals surface area (Å²) in [5.74, 6) is 0. The normalized spacial score (nSPS) is 11.4. The van der Waals surface area contributed by atoms with Crippen molar-refractivity contribution in [1.82, 2.24) is 4.57 Å². The number of aryl methyl sites for hydroxylation is 1. The van der Waals surface area contributed by atoms with Crippen LogP contribution in [0.15, 0.2) is 115 Å². The Labute approximate surface area is 181 Å². The SMILES string of the molecule is Cn1c2ccccc2c2c(N(c3ccccc3)c3ccc4ccccc4c3)cccc21. The first-order chi connectivity index (χ1) is 15.3. The molecule has 148 valence electrons. The Morgan fingerprint density at radius 3 is 2.13 bits per heavy atom. The molecule has 0 N–H and O–H groups in total. The minimum Gasteiger partial charge on any atom is -0.344 e. The average molecular weight is 399 g/mol. The summed E-state index contributed by atoms with van der Waals surface area (Å²) in [5.41, 5.74) is 5.98. The molecule has 0 aliphatic carbocycles. The van der Waals surface area contributed by atoms with E-state index >= 15 is 0 Å². The summed E-state index contributed by atoms with van der Waals surface area (Å²) < 4.78 is 2.29. The third-order valence-electron chi connectivity index (χ3n) is 6.16. The molecule has 0 fully saturated rings. The van der Waals surface area contributed by atoms with Crippen molar-refractivity contribution in [3.63, 3.8) is 0 Å². The van der Waals surface area contributed by atoms with Crippen LogP contribution in [0.1, 0.15) is 0 Å². The fraction of sp³-hybridized carbons (Fsp3) is 0.0345. The molecule has 0 saturated heterocycles. The van der Waals surface area contributed by atoms with Gasteiger partial charge in [0, 0.05) is 34.7 Å². The highest BCUT2D eigenvalue weighted by atomic mass is 15.1. The van der Waals surface area contributed by atoms with E-state index in [2.05, 4.69) is 132 Å². The maximum absolute atomic E-state index is 2.38. The molecular weight excluding hydrogens is 376 g/mol. The van der Waals surface area contributed by atoms with E-state index in [4.69, 9.17) is 0 Å². The van der Waals surface area contributed by atoms with Crippen molar-refractivity contribution < 1.29 is 0 Å². The van der Waals surface area contributed by atoms with Crippen LogP contribution in [0.3, 0.4) is 0 Å². The molecule has 0 radical (unpaired) electrons. The Morgan fingerprint density at radius 2 is 1.26 bits per heavy atom. The summed E-state index contributed by atoms with van der Waals surface area (Å²) in [7, 11) is 2.15. The van der Waals surface area contributed by atoms with Gasteiger partial charge in [0.1, 0.15) is 0 Å². The number of anilines is 3. The van der Waals surface area contributed by atoms with E-state index in [0.717, 1.165) is 11.4 Å². The summed E-state index contributed by atoms with van der Waals surface area (Å²) in [6.07, 6.45) is 0. The van der Waals surface area contributed by atoms with E-state index in [1.165, 1.54) is 38.3 Å². The molecule has 0 aliphatic rings. The fourth-order valence-corrected chi connectivity index (χ4v) is 4.70. The lowest BCUT2D eigenvalue weighted by molar-refractivity contribution is 1.01. The van der Waals surface area contributed by atoms with Crippen LogP contribution in [-0.4, -0.2) is 4.57 Å². The number of nitrogens with zero attached hydrogens (tertiary/aromatic N) is 2. The minimum atomic E-state index is 1.15. The lowest BCUT2D eigenvalue weighted by Gasteiger charge is -2.26. The first kappa shape index (κ1) is 17.8. The van der Waals surface area contributed by atoms with Crippen LogP contribution in [0, 0.1) is 0 Å². The molecule has 5 aromatic carbocycles. The molecule has 2 nitrogen and oxygen atoms in total. The second kappa shape index (κ2) is 7.03. The van der Waals surface area contributed by atoms with Gasteiger partial charge < -0.3 is 9.47 Å². The minimum absolute atomic E-state index is 1.15. The second-order valence-electron chi connectivity index (χ2n) is 7.95. The van der Waals surface area contributed by atoms with E-state index in [0.29, 0.717) is 0 Å². The third-order valence-corrected chi connectivity index (χ3v) is 6.16. The van der Waals surface area contributed by atoms with E-state index in [1.807, 2.05) is 0 Å². The highest BCUT2D eigenvalue weighted by Crippen LogP contribution is 2.42. The number of rotatable bonds is 3. The van der Waals surface area contributed by atoms with Gasteiger partial charge in [0.25, 0.3) is 0 Å². The largest absolute Gasteiger partial charge is 0.344 e. The van der Waals surface area contributed by atoms with Crippen LogP contribution in [0.2, 0.25) is 0 Å². The monoisotopic (exact) mass is 398 g/mol. The highest BCUT2D eigenvalue weighted by Gasteiger charge is 2.19. The van der Waals surface area contributed by atoms with Crippen LogP contribution in [0.25, 0.3) is 32.6 Å². The number of fused-ring (bicyclic) bond motifs is 4. The van der Waals surface area contributed by atoms with Gasteiger partial charge in [-0.2, -0.15) is 0 Å². The van der Waals surface area contributed by atoms with Crippen molar-refractivity contribution in [2.75, 3.05) is 4.90 Å². The molecule has 0 bridgehead atoms. The number of hydrogen-bond donors (Lipinski definition) is 0. The van der Waals surface area contributed by atoms with Gasteiger partial charge in [-0.15, -0.1) is 0 Å². The quantitative estimate of drug-likeness (QED) is 0.293. The Bertz CT molecular complexity index is 1540. The van der Waals surface area contributed by atoms with Crippen molar-refractivity contribution >= 4 is 49.6 Å². The zero-order valence-corrected chi connectivity index (χ0v) is 17.4. The highest BCUT2D eigenvalue weighted by molar-refractivity contribution is 6.15. The lowest BCUT2D eigenvalue weighted by atomic mass is 10.1. The van der Waals surface area contributed by atoms with Gasteiger partial charge in [-0.3, -0.25) is 0 Å². The molecule has 0 amide bonds. The van der Waals surface area contributed by atoms with Gasteiger partial charge in [-0.1, -0.05) is 72.8 Å². The van der Waals surface area contributed by atoms with Gasteiger partial charge in [0.2, 0.25) is 0 Å². The van der Waals surface area contributed by atoms with E-state index in [-0.39, 0.29) is 0 Å². The van der Waals surface area contributed by atoms with Crippen molar-refractivity contribution in [2.24, 2.45) is 7.05 Å². The number of aromatic nitrogens is 1. The van der Waals surface area contributed by atoms with Crippen LogP contribution in [0.5, 0.6) is 0 Å². The van der Waals surface area contributed by atoms with Crippen molar-refractivity contribution in [1.29, 1.82) is 0 Å². The van der Waals surface area contributed by atoms with Gasteiger partial charge in [0.05, 0.1) is 11.2 Å². The predicted molar refractivity (Wildman–Crippen MR) is 133 cm³/mol. The third kappa shape index (κ3) is 2.80. The van der Waals surface area contributed by atoms with Crippen molar-refractivity contribution in [2.45, 2.75) is 0 Å². The maximum atomic E-state index is 2.38. The van der Waals surface area contributed by atoms with Crippen molar-refractivity contribution in [3.05, 3.63) is 115 Å². The fourth-order valence-electron chi connectivity index (χ4n) is 4.70. The van der Waals surface area contributed by atoms with Crippen LogP contribution in [-0.2, 0) is 7.05 Å². The zero-order valence-electron chi connectivity index (χ0n) is 17.4. The summed E-state index contributed by atoms with van der Waals surface area (Å²) >= 11 is 0. The zero-order chi connectivity index (χ0) is 20.8. The van der Waals surface area contributed by atoms with Crippen molar-refractivity contribution in [3.8, 4) is 0 Å². The first-order valence-corrected chi connectivity index (χ1v) is 10.6. The maximum Gasteiger partial charge on any atom is 0.0561 e. The first-order valence-electron chi connectivity index (χ1n) is 10.6. The molecule has 6 aromatic rings. The molecule has 2 heteroatoms. The van der Waals surface area contributed by atoms with Crippen LogP contribution >= 0.6 is 0 Å². The molecule has 0 unspecified atom stereocenters. The smallest absolute Gasteiger partial charge is 0.0561 e. The summed E-state index contributed by atoms with van der Waals surface area (Å²) in [4.78, 5) is 2.38. The number of para-hydroxylation sites is 2. The molecular formula is C29H22N2. The Morgan fingerprint density at radius 1 is 0.548 bits per heavy atom. The second-order valence-corrected chi connectivity index (χ2v) is 7.95. The molecule has 0 atom stereocenters. The van der Waals surface area contributed by atoms with Gasteiger partial charge in [-0.25, -0.2) is 0 Å². The summed E-state index contributed by atoms with van der Waals surface area (Å²) in [6.45, 7) is 0. The lowest BCUT2D eigenvalue weighted by Crippen LogP contribution is -2.10. The summed E-state index contributed by atoms with van der Waals surface area (Å²) in [6, 6.07) is 41.2. The number of benzene rings is 5. The molecule has 1 heterocycles. The standard InChI is InChI=1S/C29H22N2/c1-30-26-15-8-7-14-25(26)29-27(30)16-9-17-28(29)31(23-12-3-2-4-13-23)24-19-18-21-10-5-6-11-22(21)20-24/h2-20H,1H3. The van der Waals surface area contributed by atoms with Gasteiger partial charge in [0.15, 0.2) is 0 Å². The predicted octanol–water partition coefficient (Wildman–Crippen LogP) is 7.95. The van der Waals surface area contributed by atoms with E-state index < -0.39 is 0 Å². The van der Waals surface area contributed by atoms with Crippen LogP contribution < -0.4 is 4.90 Å². The number of hydrogen-bond acceptors (Lipinski definition) is 1. The van der Waals surface area contributed by atoms with E-state index in [9.17, 15) is 0 Å². The molecule has 0 saturated carbocycles. The van der Waals surface area contributed by atoms with E-state index in [1.54, 1.807) is 0 Å². The molecule has 1 aromatic heterocycles. The Kier molecular flexibility index (Phi) is 4.03. The average Bonchev–Trinajstić information content (AvgIpc) is 3.13. The van der Waals surface area contributed by atoms with Gasteiger partial charge >= 0.3 is 0 Å². The molecule has 6 rings (SSSR count). The van der Waals surface area contributed by atoms with Gasteiger partial charge in [-0.05, 0) is 53.2 Å². The molecule has 31 heavy (non-hydrogen) atoms. The Balaban J connectivity index is 1.69. The molecule has 0 spiro atoms. The van der Waals surface area contributed by atoms with Crippen LogP contribution in [0.4, 0.5) is 17.1 Å². The Hall–Kier alpha value is -4.04. The topological polar surface area (TPSA) is 8.17 Å². The molecule has 0 aliphatic heterocycles.